The number of hydrogen-bond donors (Lipinski definition) is 1. The first-order chi connectivity index (χ1) is 8.58. The molecule has 0 saturated carbocycles. The van der Waals surface area contributed by atoms with E-state index in [1.54, 1.807) is 17.9 Å². The van der Waals surface area contributed by atoms with Gasteiger partial charge in [-0.15, -0.1) is 0 Å². The molecule has 0 atom stereocenters. The predicted octanol–water partition coefficient (Wildman–Crippen LogP) is 1.28. The van der Waals surface area contributed by atoms with Crippen LogP contribution in [0.2, 0.25) is 0 Å². The third-order valence-corrected chi connectivity index (χ3v) is 3.57. The van der Waals surface area contributed by atoms with Crippen LogP contribution in [0.4, 0.5) is 0 Å². The molecule has 0 aromatic carbocycles. The number of rotatable bonds is 1. The molecule has 0 saturated heterocycles. The number of hydrogen-bond acceptors (Lipinski definition) is 4. The van der Waals surface area contributed by atoms with Gasteiger partial charge in [-0.05, 0) is 18.4 Å². The van der Waals surface area contributed by atoms with Crippen molar-refractivity contribution in [1.29, 1.82) is 0 Å². The van der Waals surface area contributed by atoms with E-state index in [0.717, 1.165) is 28.9 Å². The Morgan fingerprint density at radius 2 is 2.28 bits per heavy atom. The molecule has 2 aromatic rings. The molecule has 2 heterocycles. The maximum Gasteiger partial charge on any atom is 0.356 e. The van der Waals surface area contributed by atoms with Crippen LogP contribution in [0.25, 0.3) is 11.4 Å². The maximum absolute atomic E-state index is 11.2. The number of nitrogens with zero attached hydrogens (tertiary/aromatic N) is 4. The summed E-state index contributed by atoms with van der Waals surface area (Å²) in [5.74, 6) is -0.987. The average molecular weight is 356 g/mol. The Morgan fingerprint density at radius 1 is 1.50 bits per heavy atom. The van der Waals surface area contributed by atoms with Gasteiger partial charge in [0.25, 0.3) is 0 Å². The summed E-state index contributed by atoms with van der Waals surface area (Å²) in [6.07, 6.45) is 3.23. The molecule has 1 aliphatic carbocycles. The fourth-order valence-electron chi connectivity index (χ4n) is 2.31. The SMILES string of the molecule is Cn1nc(C(=O)O)c2c1-c1nc(I)ncc1CC2. The summed E-state index contributed by atoms with van der Waals surface area (Å²) < 4.78 is 2.25. The summed E-state index contributed by atoms with van der Waals surface area (Å²) in [5.41, 5.74) is 3.55. The number of carboxylic acid groups (broad SMARTS) is 1. The lowest BCUT2D eigenvalue weighted by Crippen LogP contribution is -2.10. The van der Waals surface area contributed by atoms with Crippen molar-refractivity contribution in [2.45, 2.75) is 12.8 Å². The molecule has 7 heteroatoms. The molecule has 92 valence electrons. The van der Waals surface area contributed by atoms with Crippen LogP contribution in [0.5, 0.6) is 0 Å². The lowest BCUT2D eigenvalue weighted by atomic mass is 9.93. The molecule has 1 aliphatic rings. The van der Waals surface area contributed by atoms with E-state index in [4.69, 9.17) is 5.11 Å². The third kappa shape index (κ3) is 1.61. The molecule has 0 unspecified atom stereocenters. The highest BCUT2D eigenvalue weighted by Crippen LogP contribution is 2.33. The van der Waals surface area contributed by atoms with Crippen molar-refractivity contribution in [1.82, 2.24) is 19.7 Å². The summed E-state index contributed by atoms with van der Waals surface area (Å²) in [6.45, 7) is 0. The monoisotopic (exact) mass is 356 g/mol. The number of aromatic nitrogens is 4. The smallest absolute Gasteiger partial charge is 0.356 e. The highest BCUT2D eigenvalue weighted by Gasteiger charge is 2.28. The van der Waals surface area contributed by atoms with Crippen molar-refractivity contribution < 1.29 is 9.90 Å². The third-order valence-electron chi connectivity index (χ3n) is 3.05. The van der Waals surface area contributed by atoms with E-state index in [1.165, 1.54) is 0 Å². The lowest BCUT2D eigenvalue weighted by molar-refractivity contribution is 0.0688. The minimum absolute atomic E-state index is 0.131. The Bertz CT molecular complexity index is 665. The summed E-state index contributed by atoms with van der Waals surface area (Å²) in [5, 5.41) is 13.2. The normalized spacial score (nSPS) is 13.0. The quantitative estimate of drug-likeness (QED) is 0.615. The number of fused-ring (bicyclic) bond motifs is 3. The standard InChI is InChI=1S/C11H9IN4O2/c1-16-9-6(8(15-16)10(17)18)3-2-5-4-13-11(12)14-7(5)9/h4H,2-3H2,1H3,(H,17,18). The molecule has 18 heavy (non-hydrogen) atoms. The molecule has 6 nitrogen and oxygen atoms in total. The largest absolute Gasteiger partial charge is 0.476 e. The van der Waals surface area contributed by atoms with Crippen molar-refractivity contribution in [2.75, 3.05) is 0 Å². The van der Waals surface area contributed by atoms with Gasteiger partial charge in [0.1, 0.15) is 0 Å². The first kappa shape index (κ1) is 11.6. The van der Waals surface area contributed by atoms with Crippen molar-refractivity contribution in [2.24, 2.45) is 7.05 Å². The lowest BCUT2D eigenvalue weighted by Gasteiger charge is -2.15. The molecule has 0 bridgehead atoms. The molecular weight excluding hydrogens is 347 g/mol. The summed E-state index contributed by atoms with van der Waals surface area (Å²) in [7, 11) is 1.75. The van der Waals surface area contributed by atoms with Crippen LogP contribution < -0.4 is 0 Å². The Balaban J connectivity index is 2.30. The second kappa shape index (κ2) is 4.01. The van der Waals surface area contributed by atoms with Gasteiger partial charge in [-0.2, -0.15) is 5.10 Å². The number of carbonyl (C=O) groups is 1. The maximum atomic E-state index is 11.2. The number of carboxylic acids is 1. The van der Waals surface area contributed by atoms with E-state index in [0.29, 0.717) is 10.3 Å². The molecule has 3 rings (SSSR count). The van der Waals surface area contributed by atoms with E-state index in [-0.39, 0.29) is 5.69 Å². The zero-order valence-corrected chi connectivity index (χ0v) is 11.7. The minimum Gasteiger partial charge on any atom is -0.476 e. The molecule has 0 amide bonds. The Kier molecular flexibility index (Phi) is 2.58. The zero-order chi connectivity index (χ0) is 12.9. The van der Waals surface area contributed by atoms with Crippen molar-refractivity contribution in [3.63, 3.8) is 0 Å². The minimum atomic E-state index is -0.987. The van der Waals surface area contributed by atoms with Crippen LogP contribution in [0.15, 0.2) is 6.20 Å². The topological polar surface area (TPSA) is 80.9 Å². The van der Waals surface area contributed by atoms with Crippen LogP contribution in [0, 0.1) is 3.83 Å². The van der Waals surface area contributed by atoms with Gasteiger partial charge in [0.15, 0.2) is 9.53 Å². The van der Waals surface area contributed by atoms with Gasteiger partial charge in [0.05, 0.1) is 11.4 Å². The van der Waals surface area contributed by atoms with Crippen LogP contribution >= 0.6 is 22.6 Å². The first-order valence-electron chi connectivity index (χ1n) is 5.39. The highest BCUT2D eigenvalue weighted by molar-refractivity contribution is 14.1. The summed E-state index contributed by atoms with van der Waals surface area (Å²) in [4.78, 5) is 19.7. The molecule has 2 aromatic heterocycles. The fourth-order valence-corrected chi connectivity index (χ4v) is 2.69. The number of aromatic carboxylic acids is 1. The molecule has 1 N–H and O–H groups in total. The predicted molar refractivity (Wildman–Crippen MR) is 71.3 cm³/mol. The average Bonchev–Trinajstić information content (AvgIpc) is 2.67. The molecule has 0 radical (unpaired) electrons. The van der Waals surface area contributed by atoms with Crippen molar-refractivity contribution in [3.05, 3.63) is 26.8 Å². The van der Waals surface area contributed by atoms with E-state index in [1.807, 2.05) is 22.6 Å². The number of aryl methyl sites for hydroxylation is 2. The highest BCUT2D eigenvalue weighted by atomic mass is 127. The van der Waals surface area contributed by atoms with E-state index in [9.17, 15) is 4.79 Å². The van der Waals surface area contributed by atoms with Crippen molar-refractivity contribution in [3.8, 4) is 11.4 Å². The van der Waals surface area contributed by atoms with Crippen LogP contribution in [0.3, 0.4) is 0 Å². The number of halogens is 1. The Morgan fingerprint density at radius 3 is 3.00 bits per heavy atom. The van der Waals surface area contributed by atoms with E-state index in [2.05, 4.69) is 15.1 Å². The van der Waals surface area contributed by atoms with Gasteiger partial charge in [-0.3, -0.25) is 4.68 Å². The Hall–Kier alpha value is -1.51. The van der Waals surface area contributed by atoms with Gasteiger partial charge < -0.3 is 5.11 Å². The Labute approximate surface area is 116 Å². The van der Waals surface area contributed by atoms with Gasteiger partial charge in [-0.1, -0.05) is 0 Å². The molecule has 0 fully saturated rings. The van der Waals surface area contributed by atoms with Crippen molar-refractivity contribution >= 4 is 28.6 Å². The van der Waals surface area contributed by atoms with Gasteiger partial charge in [-0.25, -0.2) is 14.8 Å². The van der Waals surface area contributed by atoms with Gasteiger partial charge >= 0.3 is 5.97 Å². The zero-order valence-electron chi connectivity index (χ0n) is 9.51. The van der Waals surface area contributed by atoms with E-state index < -0.39 is 5.97 Å². The molecule has 0 aliphatic heterocycles. The molecule has 0 spiro atoms. The summed E-state index contributed by atoms with van der Waals surface area (Å²) >= 11 is 2.05. The second-order valence-corrected chi connectivity index (χ2v) is 5.08. The van der Waals surface area contributed by atoms with Crippen LogP contribution in [-0.2, 0) is 19.9 Å². The van der Waals surface area contributed by atoms with Gasteiger partial charge in [0.2, 0.25) is 0 Å². The summed E-state index contributed by atoms with van der Waals surface area (Å²) in [6, 6.07) is 0. The first-order valence-corrected chi connectivity index (χ1v) is 6.46. The van der Waals surface area contributed by atoms with E-state index >= 15 is 0 Å². The second-order valence-electron chi connectivity index (χ2n) is 4.12. The van der Waals surface area contributed by atoms with Crippen LogP contribution in [-0.4, -0.2) is 30.8 Å². The fraction of sp³-hybridized carbons (Fsp3) is 0.273. The van der Waals surface area contributed by atoms with Gasteiger partial charge in [0, 0.05) is 41.4 Å². The van der Waals surface area contributed by atoms with Crippen LogP contribution in [0.1, 0.15) is 21.6 Å². The molecular formula is C11H9IN4O2.